The number of hydrogen-bond donors (Lipinski definition) is 0. The Labute approximate surface area is 191 Å². The van der Waals surface area contributed by atoms with E-state index in [1.807, 2.05) is 41.5 Å². The molecule has 2 unspecified atom stereocenters. The summed E-state index contributed by atoms with van der Waals surface area (Å²) in [4.78, 5) is 5.05. The number of hydrogen-bond acceptors (Lipinski definition) is 4. The molecule has 0 N–H and O–H groups in total. The van der Waals surface area contributed by atoms with Crippen molar-refractivity contribution in [3.05, 3.63) is 0 Å². The molecule has 0 bridgehead atoms. The summed E-state index contributed by atoms with van der Waals surface area (Å²) in [6.45, 7) is 26.2. The molecule has 4 nitrogen and oxygen atoms in total. The molecule has 0 aromatic heterocycles. The van der Waals surface area contributed by atoms with Gasteiger partial charge in [-0.3, -0.25) is 4.90 Å². The second kappa shape index (κ2) is 19.5. The quantitative estimate of drug-likeness (QED) is 0.472. The zero-order valence-corrected chi connectivity index (χ0v) is 22.7. The van der Waals surface area contributed by atoms with E-state index < -0.39 is 0 Å². The van der Waals surface area contributed by atoms with Gasteiger partial charge in [-0.05, 0) is 92.9 Å². The van der Waals surface area contributed by atoms with E-state index in [1.165, 1.54) is 58.2 Å². The predicted octanol–water partition coefficient (Wildman–Crippen LogP) is 6.62. The van der Waals surface area contributed by atoms with Crippen molar-refractivity contribution in [2.75, 3.05) is 39.9 Å². The summed E-state index contributed by atoms with van der Waals surface area (Å²) >= 11 is 0. The van der Waals surface area contributed by atoms with Gasteiger partial charge in [0.25, 0.3) is 0 Å². The van der Waals surface area contributed by atoms with E-state index in [2.05, 4.69) is 44.5 Å². The van der Waals surface area contributed by atoms with Crippen molar-refractivity contribution in [1.82, 2.24) is 9.80 Å². The van der Waals surface area contributed by atoms with Crippen LogP contribution in [-0.2, 0) is 9.47 Å². The second-order valence-electron chi connectivity index (χ2n) is 8.13. The van der Waals surface area contributed by atoms with Gasteiger partial charge < -0.3 is 14.4 Å². The van der Waals surface area contributed by atoms with Gasteiger partial charge in [0, 0.05) is 18.2 Å². The molecule has 3 rings (SSSR count). The fraction of sp³-hybridized carbons (Fsp3) is 1.00. The third-order valence-electron chi connectivity index (χ3n) is 6.04. The predicted molar refractivity (Wildman–Crippen MR) is 135 cm³/mol. The summed E-state index contributed by atoms with van der Waals surface area (Å²) in [6, 6.07) is 0.662. The van der Waals surface area contributed by atoms with Gasteiger partial charge in [-0.1, -0.05) is 41.5 Å². The van der Waals surface area contributed by atoms with Gasteiger partial charge in [-0.2, -0.15) is 0 Å². The van der Waals surface area contributed by atoms with Crippen LogP contribution < -0.4 is 0 Å². The molecule has 3 heterocycles. The third-order valence-corrected chi connectivity index (χ3v) is 6.04. The van der Waals surface area contributed by atoms with Crippen LogP contribution in [0.5, 0.6) is 0 Å². The smallest absolute Gasteiger partial charge is 0.0701 e. The van der Waals surface area contributed by atoms with Crippen molar-refractivity contribution in [2.24, 2.45) is 0 Å². The molecular weight excluding hydrogens is 372 g/mol. The van der Waals surface area contributed by atoms with Crippen molar-refractivity contribution < 1.29 is 9.47 Å². The van der Waals surface area contributed by atoms with Crippen LogP contribution >= 0.6 is 0 Å². The fourth-order valence-electron chi connectivity index (χ4n) is 4.69. The number of rotatable bonds is 6. The summed E-state index contributed by atoms with van der Waals surface area (Å²) in [7, 11) is 2.19. The minimum atomic E-state index is 0.387. The summed E-state index contributed by atoms with van der Waals surface area (Å²) in [5.74, 6) is 0. The molecule has 30 heavy (non-hydrogen) atoms. The largest absolute Gasteiger partial charge is 0.377 e. The van der Waals surface area contributed by atoms with Crippen LogP contribution in [0.4, 0.5) is 0 Å². The van der Waals surface area contributed by atoms with Crippen LogP contribution in [0.25, 0.3) is 0 Å². The number of ether oxygens (including phenoxy) is 2. The number of likely N-dealkylation sites (N-methyl/N-ethyl adjacent to an activating group) is 1. The van der Waals surface area contributed by atoms with E-state index in [0.717, 1.165) is 13.2 Å². The molecule has 184 valence electrons. The van der Waals surface area contributed by atoms with Gasteiger partial charge in [-0.25, -0.2) is 0 Å². The summed E-state index contributed by atoms with van der Waals surface area (Å²) in [5, 5.41) is 0. The summed E-state index contributed by atoms with van der Waals surface area (Å²) in [6.07, 6.45) is 8.91. The molecule has 4 heteroatoms. The van der Waals surface area contributed by atoms with Gasteiger partial charge >= 0.3 is 0 Å². The Morgan fingerprint density at radius 1 is 0.833 bits per heavy atom. The lowest BCUT2D eigenvalue weighted by Gasteiger charge is -2.32. The Kier molecular flexibility index (Phi) is 20.8. The molecule has 0 aromatic carbocycles. The SMILES string of the molecule is CC.CC.CC.CC(C)OCC12CCCN1CCC2.CCOC(C)C1CCCN1C. The minimum absolute atomic E-state index is 0.387. The van der Waals surface area contributed by atoms with Gasteiger partial charge in [0.05, 0.1) is 18.8 Å². The minimum Gasteiger partial charge on any atom is -0.377 e. The fourth-order valence-corrected chi connectivity index (χ4v) is 4.69. The molecule has 0 radical (unpaired) electrons. The molecule has 2 atom stereocenters. The highest BCUT2D eigenvalue weighted by Crippen LogP contribution is 2.39. The van der Waals surface area contributed by atoms with Crippen molar-refractivity contribution in [1.29, 1.82) is 0 Å². The van der Waals surface area contributed by atoms with Crippen LogP contribution in [-0.4, -0.2) is 73.5 Å². The average Bonchev–Trinajstić information content (AvgIpc) is 3.47. The maximum atomic E-state index is 5.79. The highest BCUT2D eigenvalue weighted by Gasteiger charge is 2.44. The Hall–Kier alpha value is -0.160. The Balaban J connectivity index is 0. The van der Waals surface area contributed by atoms with Crippen molar-refractivity contribution >= 4 is 0 Å². The van der Waals surface area contributed by atoms with Crippen LogP contribution in [0.1, 0.15) is 108 Å². The molecule has 0 amide bonds. The Bertz CT molecular complexity index is 353. The van der Waals surface area contributed by atoms with E-state index in [1.54, 1.807) is 0 Å². The number of nitrogens with zero attached hydrogens (tertiary/aromatic N) is 2. The summed E-state index contributed by atoms with van der Waals surface area (Å²) in [5.41, 5.74) is 0.449. The van der Waals surface area contributed by atoms with Crippen LogP contribution in [0.15, 0.2) is 0 Å². The van der Waals surface area contributed by atoms with Crippen molar-refractivity contribution in [3.8, 4) is 0 Å². The monoisotopic (exact) mass is 430 g/mol. The van der Waals surface area contributed by atoms with E-state index in [4.69, 9.17) is 9.47 Å². The molecule has 3 aliphatic heterocycles. The number of likely N-dealkylation sites (tertiary alicyclic amines) is 1. The third kappa shape index (κ3) is 10.9. The lowest BCUT2D eigenvalue weighted by atomic mass is 9.95. The molecule has 0 aliphatic carbocycles. The molecule has 3 saturated heterocycles. The van der Waals surface area contributed by atoms with Gasteiger partial charge in [-0.15, -0.1) is 0 Å². The topological polar surface area (TPSA) is 24.9 Å². The van der Waals surface area contributed by atoms with Gasteiger partial charge in [0.15, 0.2) is 0 Å². The lowest BCUT2D eigenvalue weighted by molar-refractivity contribution is 0.00312. The van der Waals surface area contributed by atoms with Gasteiger partial charge in [0.1, 0.15) is 0 Å². The maximum Gasteiger partial charge on any atom is 0.0701 e. The summed E-state index contributed by atoms with van der Waals surface area (Å²) < 4.78 is 11.3. The first-order chi connectivity index (χ1) is 14.5. The van der Waals surface area contributed by atoms with Crippen molar-refractivity contribution in [2.45, 2.75) is 132 Å². The Morgan fingerprint density at radius 3 is 1.77 bits per heavy atom. The van der Waals surface area contributed by atoms with Gasteiger partial charge in [0.2, 0.25) is 0 Å². The van der Waals surface area contributed by atoms with Crippen molar-refractivity contribution in [3.63, 3.8) is 0 Å². The second-order valence-corrected chi connectivity index (χ2v) is 8.13. The van der Waals surface area contributed by atoms with Crippen LogP contribution in [0.3, 0.4) is 0 Å². The van der Waals surface area contributed by atoms with E-state index in [0.29, 0.717) is 23.8 Å². The zero-order chi connectivity index (χ0) is 23.6. The molecule has 0 saturated carbocycles. The number of fused-ring (bicyclic) bond motifs is 1. The van der Waals surface area contributed by atoms with E-state index in [9.17, 15) is 0 Å². The van der Waals surface area contributed by atoms with E-state index >= 15 is 0 Å². The first kappa shape index (κ1) is 32.0. The highest BCUT2D eigenvalue weighted by molar-refractivity contribution is 5.00. The normalized spacial score (nSPS) is 23.0. The molecule has 3 fully saturated rings. The zero-order valence-electron chi connectivity index (χ0n) is 22.7. The standard InChI is InChI=1S/C11H21NO.C9H19NO.3C2H6/c1-10(2)13-9-11-5-3-7-12(11)8-4-6-11;1-4-11-8(2)9-6-5-7-10(9)3;3*1-2/h10H,3-9H2,1-2H3;8-9H,4-7H2,1-3H3;3*1-2H3. The first-order valence-corrected chi connectivity index (χ1v) is 13.2. The maximum absolute atomic E-state index is 5.79. The molecule has 3 aliphatic rings. The Morgan fingerprint density at radius 2 is 1.37 bits per heavy atom. The highest BCUT2D eigenvalue weighted by atomic mass is 16.5. The molecule has 0 spiro atoms. The lowest BCUT2D eigenvalue weighted by Crippen LogP contribution is -2.43. The average molecular weight is 431 g/mol. The van der Waals surface area contributed by atoms with E-state index in [-0.39, 0.29) is 0 Å². The van der Waals surface area contributed by atoms with Crippen LogP contribution in [0.2, 0.25) is 0 Å². The van der Waals surface area contributed by atoms with Crippen LogP contribution in [0, 0.1) is 0 Å². The molecular formula is C26H58N2O2. The molecule has 0 aromatic rings. The first-order valence-electron chi connectivity index (χ1n) is 13.2.